The Kier molecular flexibility index (Phi) is 6.26. The lowest BCUT2D eigenvalue weighted by Crippen LogP contribution is -2.32. The van der Waals surface area contributed by atoms with E-state index >= 15 is 0 Å². The second-order valence-corrected chi connectivity index (χ2v) is 6.52. The second kappa shape index (κ2) is 9.04. The van der Waals surface area contributed by atoms with E-state index in [0.717, 1.165) is 28.4 Å². The number of nitrogens with zero attached hydrogens (tertiary/aromatic N) is 2. The lowest BCUT2D eigenvalue weighted by Gasteiger charge is -2.10. The number of anilines is 1. The van der Waals surface area contributed by atoms with Crippen molar-refractivity contribution in [2.45, 2.75) is 13.8 Å². The summed E-state index contributed by atoms with van der Waals surface area (Å²) >= 11 is 0. The van der Waals surface area contributed by atoms with Crippen LogP contribution in [0.1, 0.15) is 17.0 Å². The molecule has 0 saturated carbocycles. The average molecular weight is 408 g/mol. The summed E-state index contributed by atoms with van der Waals surface area (Å²) in [6, 6.07) is 14.7. The normalized spacial score (nSPS) is 10.8. The fourth-order valence-corrected chi connectivity index (χ4v) is 2.98. The quantitative estimate of drug-likeness (QED) is 0.386. The summed E-state index contributed by atoms with van der Waals surface area (Å²) in [5.74, 6) is -1.50. The highest BCUT2D eigenvalue weighted by molar-refractivity contribution is 6.39. The molecular weight excluding hydrogens is 387 g/mol. The van der Waals surface area contributed by atoms with Crippen LogP contribution in [0, 0.1) is 19.7 Å². The van der Waals surface area contributed by atoms with Gasteiger partial charge in [0.25, 0.3) is 0 Å². The molecule has 0 bridgehead atoms. The van der Waals surface area contributed by atoms with Crippen molar-refractivity contribution in [3.8, 4) is 11.4 Å². The van der Waals surface area contributed by atoms with Gasteiger partial charge in [-0.25, -0.2) is 9.82 Å². The van der Waals surface area contributed by atoms with E-state index in [9.17, 15) is 14.0 Å². The number of rotatable bonds is 5. The van der Waals surface area contributed by atoms with Gasteiger partial charge in [-0.3, -0.25) is 9.59 Å². The fourth-order valence-electron chi connectivity index (χ4n) is 2.98. The number of methoxy groups -OCH3 is 1. The Morgan fingerprint density at radius 2 is 1.70 bits per heavy atom. The van der Waals surface area contributed by atoms with Crippen LogP contribution in [0.4, 0.5) is 10.1 Å². The molecule has 1 heterocycles. The summed E-state index contributed by atoms with van der Waals surface area (Å²) in [6.07, 6.45) is 1.48. The second-order valence-electron chi connectivity index (χ2n) is 6.52. The first-order valence-electron chi connectivity index (χ1n) is 9.12. The minimum atomic E-state index is -0.931. The van der Waals surface area contributed by atoms with Crippen LogP contribution in [0.2, 0.25) is 0 Å². The summed E-state index contributed by atoms with van der Waals surface area (Å²) in [5, 5.41) is 6.24. The molecule has 2 aromatic carbocycles. The number of hydrogen-bond acceptors (Lipinski definition) is 4. The molecule has 8 heteroatoms. The number of amides is 2. The molecule has 2 amide bonds. The van der Waals surface area contributed by atoms with Gasteiger partial charge in [-0.2, -0.15) is 5.10 Å². The van der Waals surface area contributed by atoms with Gasteiger partial charge in [-0.05, 0) is 68.4 Å². The zero-order valence-corrected chi connectivity index (χ0v) is 16.8. The van der Waals surface area contributed by atoms with Crippen LogP contribution in [-0.2, 0) is 9.59 Å². The molecule has 0 aliphatic rings. The molecule has 0 aliphatic carbocycles. The first-order valence-corrected chi connectivity index (χ1v) is 9.12. The number of ether oxygens (including phenoxy) is 1. The van der Waals surface area contributed by atoms with E-state index in [0.29, 0.717) is 5.69 Å². The molecule has 30 heavy (non-hydrogen) atoms. The number of hydrogen-bond donors (Lipinski definition) is 2. The number of halogens is 1. The average Bonchev–Trinajstić information content (AvgIpc) is 3.02. The lowest BCUT2D eigenvalue weighted by atomic mass is 10.2. The van der Waals surface area contributed by atoms with Crippen LogP contribution in [0.15, 0.2) is 59.7 Å². The number of carbonyl (C=O) groups is 2. The first kappa shape index (κ1) is 20.8. The van der Waals surface area contributed by atoms with Crippen molar-refractivity contribution in [3.05, 3.63) is 77.4 Å². The molecule has 0 aliphatic heterocycles. The standard InChI is InChI=1S/C22H21FN4O3/c1-14-12-16(15(2)27(14)19-8-10-20(30-3)11-9-19)13-24-26-22(29)21(28)25-18-6-4-17(23)5-7-18/h4-13H,1-3H3,(H,25,28)(H,26,29)/b24-13-. The number of hydrazone groups is 1. The van der Waals surface area contributed by atoms with E-state index in [1.807, 2.05) is 48.7 Å². The molecule has 0 unspecified atom stereocenters. The zero-order valence-electron chi connectivity index (χ0n) is 16.8. The maximum atomic E-state index is 12.9. The number of aryl methyl sites for hydroxylation is 1. The zero-order chi connectivity index (χ0) is 21.7. The number of carbonyl (C=O) groups excluding carboxylic acids is 2. The van der Waals surface area contributed by atoms with Gasteiger partial charge in [0.05, 0.1) is 13.3 Å². The molecule has 0 spiro atoms. The molecule has 2 N–H and O–H groups in total. The summed E-state index contributed by atoms with van der Waals surface area (Å²) in [5.41, 5.74) is 6.17. The smallest absolute Gasteiger partial charge is 0.329 e. The predicted octanol–water partition coefficient (Wildman–Crippen LogP) is 3.33. The van der Waals surface area contributed by atoms with E-state index in [2.05, 4.69) is 15.8 Å². The summed E-state index contributed by atoms with van der Waals surface area (Å²) in [7, 11) is 1.62. The van der Waals surface area contributed by atoms with Crippen molar-refractivity contribution in [1.29, 1.82) is 0 Å². The highest BCUT2D eigenvalue weighted by Gasteiger charge is 2.13. The SMILES string of the molecule is COc1ccc(-n2c(C)cc(/C=N\NC(=O)C(=O)Nc3ccc(F)cc3)c2C)cc1. The minimum Gasteiger partial charge on any atom is -0.497 e. The van der Waals surface area contributed by atoms with Gasteiger partial charge in [0, 0.05) is 28.3 Å². The van der Waals surface area contributed by atoms with Crippen molar-refractivity contribution in [3.63, 3.8) is 0 Å². The molecule has 7 nitrogen and oxygen atoms in total. The van der Waals surface area contributed by atoms with Crippen molar-refractivity contribution in [1.82, 2.24) is 9.99 Å². The topological polar surface area (TPSA) is 84.7 Å². The predicted molar refractivity (Wildman–Crippen MR) is 113 cm³/mol. The third-order valence-corrected chi connectivity index (χ3v) is 4.48. The van der Waals surface area contributed by atoms with E-state index in [-0.39, 0.29) is 0 Å². The molecule has 3 rings (SSSR count). The number of benzene rings is 2. The van der Waals surface area contributed by atoms with E-state index in [1.54, 1.807) is 7.11 Å². The molecule has 0 saturated heterocycles. The van der Waals surface area contributed by atoms with Gasteiger partial charge >= 0.3 is 11.8 Å². The Morgan fingerprint density at radius 3 is 2.33 bits per heavy atom. The first-order chi connectivity index (χ1) is 14.4. The minimum absolute atomic E-state index is 0.309. The largest absolute Gasteiger partial charge is 0.497 e. The van der Waals surface area contributed by atoms with Gasteiger partial charge in [0.15, 0.2) is 0 Å². The highest BCUT2D eigenvalue weighted by Crippen LogP contribution is 2.21. The summed E-state index contributed by atoms with van der Waals surface area (Å²) in [4.78, 5) is 23.8. The number of nitrogens with one attached hydrogen (secondary N) is 2. The highest BCUT2D eigenvalue weighted by atomic mass is 19.1. The van der Waals surface area contributed by atoms with Gasteiger partial charge < -0.3 is 14.6 Å². The molecule has 0 fully saturated rings. The maximum absolute atomic E-state index is 12.9. The molecule has 0 atom stereocenters. The van der Waals surface area contributed by atoms with E-state index in [1.165, 1.54) is 30.5 Å². The molecule has 154 valence electrons. The molecule has 0 radical (unpaired) electrons. The third kappa shape index (κ3) is 4.72. The van der Waals surface area contributed by atoms with Crippen LogP contribution in [0.25, 0.3) is 5.69 Å². The Balaban J connectivity index is 1.66. The van der Waals surface area contributed by atoms with Crippen LogP contribution in [0.5, 0.6) is 5.75 Å². The van der Waals surface area contributed by atoms with E-state index < -0.39 is 17.6 Å². The van der Waals surface area contributed by atoms with Crippen molar-refractivity contribution in [2.75, 3.05) is 12.4 Å². The molecule has 1 aromatic heterocycles. The lowest BCUT2D eigenvalue weighted by molar-refractivity contribution is -0.136. The van der Waals surface area contributed by atoms with Crippen molar-refractivity contribution < 1.29 is 18.7 Å². The van der Waals surface area contributed by atoms with Gasteiger partial charge in [-0.1, -0.05) is 0 Å². The van der Waals surface area contributed by atoms with Crippen LogP contribution >= 0.6 is 0 Å². The van der Waals surface area contributed by atoms with Crippen molar-refractivity contribution >= 4 is 23.7 Å². The maximum Gasteiger partial charge on any atom is 0.329 e. The van der Waals surface area contributed by atoms with Gasteiger partial charge in [-0.15, -0.1) is 0 Å². The fraction of sp³-hybridized carbons (Fsp3) is 0.136. The van der Waals surface area contributed by atoms with Crippen LogP contribution in [-0.4, -0.2) is 29.7 Å². The monoisotopic (exact) mass is 408 g/mol. The van der Waals surface area contributed by atoms with Crippen LogP contribution < -0.4 is 15.5 Å². The Morgan fingerprint density at radius 1 is 1.03 bits per heavy atom. The summed E-state index contributed by atoms with van der Waals surface area (Å²) < 4.78 is 20.1. The molecule has 3 aromatic rings. The third-order valence-electron chi connectivity index (χ3n) is 4.48. The van der Waals surface area contributed by atoms with Gasteiger partial charge in [0.1, 0.15) is 11.6 Å². The summed E-state index contributed by atoms with van der Waals surface area (Å²) in [6.45, 7) is 3.89. The van der Waals surface area contributed by atoms with Gasteiger partial charge in [0.2, 0.25) is 0 Å². The van der Waals surface area contributed by atoms with E-state index in [4.69, 9.17) is 4.74 Å². The Labute approximate surface area is 173 Å². The number of aromatic nitrogens is 1. The van der Waals surface area contributed by atoms with Crippen LogP contribution in [0.3, 0.4) is 0 Å². The van der Waals surface area contributed by atoms with Crippen molar-refractivity contribution in [2.24, 2.45) is 5.10 Å². The Hall–Kier alpha value is -3.94. The molecular formula is C22H21FN4O3. The Bertz CT molecular complexity index is 1090.